The zero-order chi connectivity index (χ0) is 16.5. The van der Waals surface area contributed by atoms with Gasteiger partial charge in [-0.15, -0.1) is 0 Å². The van der Waals surface area contributed by atoms with E-state index >= 15 is 0 Å². The first-order valence-corrected chi connectivity index (χ1v) is 6.70. The summed E-state index contributed by atoms with van der Waals surface area (Å²) in [7, 11) is 1.36. The van der Waals surface area contributed by atoms with Crippen LogP contribution in [0.2, 0.25) is 0 Å². The van der Waals surface area contributed by atoms with E-state index in [1.54, 1.807) is 18.2 Å². The minimum Gasteiger partial charge on any atom is -0.273 e. The molecule has 0 radical (unpaired) electrons. The molecule has 0 aliphatic rings. The van der Waals surface area contributed by atoms with Crippen LogP contribution < -0.4 is 4.84 Å². The third-order valence-corrected chi connectivity index (χ3v) is 3.42. The van der Waals surface area contributed by atoms with Crippen LogP contribution in [-0.2, 0) is 18.0 Å². The Morgan fingerprint density at radius 3 is 2.55 bits per heavy atom. The largest absolute Gasteiger partial charge is 0.435 e. The van der Waals surface area contributed by atoms with Crippen LogP contribution >= 0.6 is 11.8 Å². The van der Waals surface area contributed by atoms with Crippen LogP contribution in [0.3, 0.4) is 0 Å². The monoisotopic (exact) mass is 331 g/mol. The second kappa shape index (κ2) is 6.00. The molecular formula is C14H13ClF3N3O. The number of hydrogen-bond donors (Lipinski definition) is 1. The number of nitrogens with one attached hydrogen (secondary N) is 1. The van der Waals surface area contributed by atoms with Gasteiger partial charge in [-0.1, -0.05) is 29.8 Å². The minimum atomic E-state index is -4.58. The zero-order valence-corrected chi connectivity index (χ0v) is 12.5. The molecule has 0 fully saturated rings. The molecule has 2 rings (SSSR count). The molecule has 1 N–H and O–H groups in total. The van der Waals surface area contributed by atoms with Crippen molar-refractivity contribution in [2.45, 2.75) is 19.0 Å². The quantitative estimate of drug-likeness (QED) is 0.878. The molecule has 1 aromatic carbocycles. The van der Waals surface area contributed by atoms with E-state index in [4.69, 9.17) is 11.8 Å². The van der Waals surface area contributed by atoms with Gasteiger partial charge < -0.3 is 0 Å². The summed E-state index contributed by atoms with van der Waals surface area (Å²) < 4.78 is 39.4. The fraction of sp³-hybridized carbons (Fsp3) is 0.286. The minimum absolute atomic E-state index is 0.107. The Hall–Kier alpha value is -2.02. The maximum absolute atomic E-state index is 12.8. The van der Waals surface area contributed by atoms with E-state index in [-0.39, 0.29) is 5.69 Å². The van der Waals surface area contributed by atoms with Gasteiger partial charge >= 0.3 is 6.18 Å². The molecule has 8 heteroatoms. The van der Waals surface area contributed by atoms with Gasteiger partial charge in [0.25, 0.3) is 0 Å². The summed E-state index contributed by atoms with van der Waals surface area (Å²) in [4.78, 5) is 14.0. The molecule has 0 spiro atoms. The van der Waals surface area contributed by atoms with E-state index in [2.05, 4.69) is 5.10 Å². The molecule has 0 saturated heterocycles. The van der Waals surface area contributed by atoms with E-state index in [1.807, 2.05) is 17.8 Å². The number of carbonyl (C=O) groups is 1. The molecule has 0 aliphatic heterocycles. The number of aromatic nitrogens is 2. The van der Waals surface area contributed by atoms with E-state index in [0.29, 0.717) is 5.56 Å². The molecule has 1 aromatic heterocycles. The van der Waals surface area contributed by atoms with Gasteiger partial charge in [-0.3, -0.25) is 14.3 Å². The molecule has 0 aliphatic carbocycles. The number of alkyl halides is 3. The summed E-state index contributed by atoms with van der Waals surface area (Å²) in [6.45, 7) is 1.82. The number of nitrogens with zero attached hydrogens (tertiary/aromatic N) is 2. The topological polar surface area (TPSA) is 46.9 Å². The van der Waals surface area contributed by atoms with Crippen LogP contribution in [0.25, 0.3) is 0 Å². The number of amides is 1. The molecule has 118 valence electrons. The van der Waals surface area contributed by atoms with E-state index in [1.165, 1.54) is 7.05 Å². The standard InChI is InChI=1S/C14H13ClF3N3O/c1-8-4-3-5-9(6-8)12(13(22)19-15)10-7-11(14(16,17)18)20-21(10)2/h3-7,12H,1-2H3,(H,19,22). The van der Waals surface area contributed by atoms with Crippen molar-refractivity contribution < 1.29 is 18.0 Å². The highest BCUT2D eigenvalue weighted by Crippen LogP contribution is 2.32. The van der Waals surface area contributed by atoms with Crippen molar-refractivity contribution in [2.75, 3.05) is 0 Å². The summed E-state index contributed by atoms with van der Waals surface area (Å²) in [6, 6.07) is 7.78. The van der Waals surface area contributed by atoms with Crippen molar-refractivity contribution in [3.8, 4) is 0 Å². The zero-order valence-electron chi connectivity index (χ0n) is 11.8. The summed E-state index contributed by atoms with van der Waals surface area (Å²) in [5.74, 6) is -1.60. The fourth-order valence-corrected chi connectivity index (χ4v) is 2.36. The van der Waals surface area contributed by atoms with Crippen LogP contribution in [-0.4, -0.2) is 15.7 Å². The SMILES string of the molecule is Cc1cccc(C(C(=O)NCl)c2cc(C(F)(F)F)nn2C)c1. The first kappa shape index (κ1) is 16.4. The lowest BCUT2D eigenvalue weighted by Crippen LogP contribution is -2.25. The molecule has 0 bridgehead atoms. The Labute approximate surface area is 130 Å². The average molecular weight is 332 g/mol. The maximum atomic E-state index is 12.8. The van der Waals surface area contributed by atoms with Crippen LogP contribution in [0, 0.1) is 6.92 Å². The lowest BCUT2D eigenvalue weighted by molar-refractivity contribution is -0.141. The Kier molecular flexibility index (Phi) is 4.46. The summed E-state index contributed by atoms with van der Waals surface area (Å²) in [5.41, 5.74) is 0.471. The van der Waals surface area contributed by atoms with Gasteiger partial charge in [0.15, 0.2) is 5.69 Å². The second-order valence-electron chi connectivity index (χ2n) is 4.88. The molecule has 22 heavy (non-hydrogen) atoms. The van der Waals surface area contributed by atoms with Crippen LogP contribution in [0.4, 0.5) is 13.2 Å². The molecule has 0 saturated carbocycles. The molecule has 1 heterocycles. The Balaban J connectivity index is 2.56. The van der Waals surface area contributed by atoms with Crippen LogP contribution in [0.15, 0.2) is 30.3 Å². The third-order valence-electron chi connectivity index (χ3n) is 3.23. The van der Waals surface area contributed by atoms with Crippen molar-refractivity contribution in [1.29, 1.82) is 0 Å². The van der Waals surface area contributed by atoms with Gasteiger partial charge in [-0.05, 0) is 18.6 Å². The fourth-order valence-electron chi connectivity index (χ4n) is 2.25. The number of hydrogen-bond acceptors (Lipinski definition) is 2. The van der Waals surface area contributed by atoms with Gasteiger partial charge in [0.2, 0.25) is 5.91 Å². The maximum Gasteiger partial charge on any atom is 0.435 e. The number of aryl methyl sites for hydroxylation is 2. The molecular weight excluding hydrogens is 319 g/mol. The second-order valence-corrected chi connectivity index (χ2v) is 5.07. The highest BCUT2D eigenvalue weighted by Gasteiger charge is 2.36. The highest BCUT2D eigenvalue weighted by atomic mass is 35.5. The summed E-state index contributed by atoms with van der Waals surface area (Å²) in [5, 5.41) is 3.44. The molecule has 2 aromatic rings. The average Bonchev–Trinajstić information content (AvgIpc) is 2.81. The Morgan fingerprint density at radius 2 is 2.05 bits per heavy atom. The van der Waals surface area contributed by atoms with Gasteiger partial charge in [0, 0.05) is 18.8 Å². The van der Waals surface area contributed by atoms with Gasteiger partial charge in [0.05, 0.1) is 5.69 Å². The van der Waals surface area contributed by atoms with Crippen molar-refractivity contribution in [3.63, 3.8) is 0 Å². The first-order valence-electron chi connectivity index (χ1n) is 6.32. The Morgan fingerprint density at radius 1 is 1.36 bits per heavy atom. The third kappa shape index (κ3) is 3.24. The van der Waals surface area contributed by atoms with Crippen molar-refractivity contribution in [3.05, 3.63) is 52.8 Å². The predicted molar refractivity (Wildman–Crippen MR) is 75.2 cm³/mol. The smallest absolute Gasteiger partial charge is 0.273 e. The van der Waals surface area contributed by atoms with E-state index < -0.39 is 23.7 Å². The summed E-state index contributed by atoms with van der Waals surface area (Å²) >= 11 is 5.38. The number of benzene rings is 1. The van der Waals surface area contributed by atoms with Gasteiger partial charge in [-0.2, -0.15) is 18.3 Å². The van der Waals surface area contributed by atoms with Crippen LogP contribution in [0.5, 0.6) is 0 Å². The lowest BCUT2D eigenvalue weighted by Gasteiger charge is -2.16. The molecule has 4 nitrogen and oxygen atoms in total. The normalized spacial score (nSPS) is 13.0. The van der Waals surface area contributed by atoms with Crippen LogP contribution in [0.1, 0.15) is 28.4 Å². The number of carbonyl (C=O) groups excluding carboxylic acids is 1. The van der Waals surface area contributed by atoms with Gasteiger partial charge in [-0.25, -0.2) is 0 Å². The Bertz CT molecular complexity index is 697. The van der Waals surface area contributed by atoms with Crippen molar-refractivity contribution >= 4 is 17.7 Å². The first-order chi connectivity index (χ1) is 10.2. The van der Waals surface area contributed by atoms with E-state index in [9.17, 15) is 18.0 Å². The number of halogens is 4. The number of rotatable bonds is 3. The highest BCUT2D eigenvalue weighted by molar-refractivity contribution is 6.22. The van der Waals surface area contributed by atoms with E-state index in [0.717, 1.165) is 16.3 Å². The molecule has 1 amide bonds. The van der Waals surface area contributed by atoms with Crippen molar-refractivity contribution in [2.24, 2.45) is 7.05 Å². The molecule has 1 unspecified atom stereocenters. The van der Waals surface area contributed by atoms with Gasteiger partial charge in [0.1, 0.15) is 5.92 Å². The van der Waals surface area contributed by atoms with Crippen molar-refractivity contribution in [1.82, 2.24) is 14.6 Å². The predicted octanol–water partition coefficient (Wildman–Crippen LogP) is 3.15. The summed E-state index contributed by atoms with van der Waals surface area (Å²) in [6.07, 6.45) is -4.58. The molecule has 1 atom stereocenters. The lowest BCUT2D eigenvalue weighted by atomic mass is 9.93.